The van der Waals surface area contributed by atoms with Crippen molar-refractivity contribution in [1.82, 2.24) is 4.90 Å². The van der Waals surface area contributed by atoms with E-state index in [0.717, 1.165) is 89.1 Å². The Labute approximate surface area is 341 Å². The average Bonchev–Trinajstić information content (AvgIpc) is 3.95. The average molecular weight is 756 g/mol. The van der Waals surface area contributed by atoms with E-state index in [-0.39, 0.29) is 0 Å². The molecule has 10 rings (SSSR count). The summed E-state index contributed by atoms with van der Waals surface area (Å²) >= 11 is 0. The van der Waals surface area contributed by atoms with Crippen molar-refractivity contribution in [2.75, 3.05) is 0 Å². The summed E-state index contributed by atoms with van der Waals surface area (Å²) in [6.07, 6.45) is 56.7. The first-order valence-corrected chi connectivity index (χ1v) is 26.7. The predicted octanol–water partition coefficient (Wildman–Crippen LogP) is 14.7. The van der Waals surface area contributed by atoms with Crippen LogP contribution in [0.25, 0.3) is 0 Å². The summed E-state index contributed by atoms with van der Waals surface area (Å²) in [4.78, 5) is 3.36. The number of fused-ring (bicyclic) bond motifs is 3. The first-order valence-electron chi connectivity index (χ1n) is 26.7. The lowest BCUT2D eigenvalue weighted by Crippen LogP contribution is -2.53. The van der Waals surface area contributed by atoms with Gasteiger partial charge in [-0.2, -0.15) is 0 Å². The number of ether oxygens (including phenoxy) is 1. The van der Waals surface area contributed by atoms with Crippen LogP contribution < -0.4 is 0 Å². The Hall–Kier alpha value is -0.0800. The number of hydrogen-bond donors (Lipinski definition) is 0. The predicted molar refractivity (Wildman–Crippen MR) is 230 cm³/mol. The van der Waals surface area contributed by atoms with Crippen molar-refractivity contribution in [2.45, 2.75) is 261 Å². The Kier molecular flexibility index (Phi) is 13.0. The van der Waals surface area contributed by atoms with Crippen LogP contribution in [-0.2, 0) is 4.74 Å². The van der Waals surface area contributed by atoms with E-state index >= 15 is 0 Å². The summed E-state index contributed by atoms with van der Waals surface area (Å²) in [7, 11) is 0. The topological polar surface area (TPSA) is 12.5 Å². The highest BCUT2D eigenvalue weighted by Gasteiger charge is 2.52. The minimum atomic E-state index is 0.635. The van der Waals surface area contributed by atoms with Crippen molar-refractivity contribution < 1.29 is 4.74 Å². The highest BCUT2D eigenvalue weighted by Crippen LogP contribution is 2.55. The highest BCUT2D eigenvalue weighted by atomic mass is 16.5. The van der Waals surface area contributed by atoms with Crippen LogP contribution >= 0.6 is 0 Å². The van der Waals surface area contributed by atoms with E-state index in [1.54, 1.807) is 135 Å². The second kappa shape index (κ2) is 18.3. The number of hydrogen-bond acceptors (Lipinski definition) is 2. The third kappa shape index (κ3) is 8.61. The first-order chi connectivity index (χ1) is 27.2. The van der Waals surface area contributed by atoms with Gasteiger partial charge >= 0.3 is 0 Å². The molecule has 0 aromatic rings. The monoisotopic (exact) mass is 756 g/mol. The van der Waals surface area contributed by atoms with Gasteiger partial charge < -0.3 is 4.74 Å². The van der Waals surface area contributed by atoms with E-state index in [0.29, 0.717) is 12.2 Å². The van der Waals surface area contributed by atoms with Crippen LogP contribution in [0.3, 0.4) is 0 Å². The van der Waals surface area contributed by atoms with Gasteiger partial charge in [-0.25, -0.2) is 0 Å². The molecular formula is C53H89NO. The molecule has 0 bridgehead atoms. The normalized spacial score (nSPS) is 47.1. The maximum absolute atomic E-state index is 7.09. The van der Waals surface area contributed by atoms with Gasteiger partial charge in [0.1, 0.15) is 0 Å². The molecule has 1 saturated heterocycles. The van der Waals surface area contributed by atoms with Crippen molar-refractivity contribution in [2.24, 2.45) is 71.0 Å². The van der Waals surface area contributed by atoms with Gasteiger partial charge in [-0.3, -0.25) is 4.90 Å². The number of rotatable bonds is 8. The molecule has 2 heteroatoms. The maximum Gasteiger partial charge on any atom is 0.0641 e. The van der Waals surface area contributed by atoms with Crippen molar-refractivity contribution in [1.29, 1.82) is 0 Å². The molecule has 8 unspecified atom stereocenters. The molecule has 8 atom stereocenters. The Morgan fingerprint density at radius 2 is 0.618 bits per heavy atom. The molecule has 10 aliphatic rings. The van der Waals surface area contributed by atoms with E-state index in [1.807, 2.05) is 0 Å². The molecule has 55 heavy (non-hydrogen) atoms. The van der Waals surface area contributed by atoms with E-state index < -0.39 is 0 Å². The van der Waals surface area contributed by atoms with Crippen LogP contribution in [0, 0.1) is 71.0 Å². The van der Waals surface area contributed by atoms with Gasteiger partial charge in [-0.1, -0.05) is 109 Å². The molecule has 1 aliphatic heterocycles. The Morgan fingerprint density at radius 1 is 0.255 bits per heavy atom. The summed E-state index contributed by atoms with van der Waals surface area (Å²) in [6.45, 7) is 0. The lowest BCUT2D eigenvalue weighted by molar-refractivity contribution is -0.0570. The van der Waals surface area contributed by atoms with E-state index in [9.17, 15) is 0 Å². The zero-order chi connectivity index (χ0) is 36.6. The SMILES string of the molecule is C1CCC(C2CCC(N(C3CCC(C4CC(C5CCCCC5)CC(C5CCCC5)C4)CC3)C3CCC(C4CCCC5C6CCCCC6OC45)CC3)CC2)CC1. The summed E-state index contributed by atoms with van der Waals surface area (Å²) in [5.74, 6) is 12.3. The lowest BCUT2D eigenvalue weighted by atomic mass is 9.60. The molecule has 0 amide bonds. The van der Waals surface area contributed by atoms with Crippen LogP contribution in [-0.4, -0.2) is 35.2 Å². The van der Waals surface area contributed by atoms with Crippen molar-refractivity contribution in [3.05, 3.63) is 0 Å². The zero-order valence-corrected chi connectivity index (χ0v) is 36.1. The lowest BCUT2D eigenvalue weighted by Gasteiger charge is -2.52. The summed E-state index contributed by atoms with van der Waals surface area (Å²) < 4.78 is 7.09. The summed E-state index contributed by atoms with van der Waals surface area (Å²) in [6, 6.07) is 2.69. The van der Waals surface area contributed by atoms with E-state index in [1.165, 1.54) is 96.3 Å². The minimum Gasteiger partial charge on any atom is -0.374 e. The van der Waals surface area contributed by atoms with Gasteiger partial charge in [-0.05, 0) is 193 Å². The Morgan fingerprint density at radius 3 is 1.15 bits per heavy atom. The van der Waals surface area contributed by atoms with Gasteiger partial charge in [0.25, 0.3) is 0 Å². The fourth-order valence-electron chi connectivity index (χ4n) is 18.1. The molecule has 0 N–H and O–H groups in total. The molecule has 2 nitrogen and oxygen atoms in total. The smallest absolute Gasteiger partial charge is 0.0641 e. The third-order valence-electron chi connectivity index (χ3n) is 20.8. The van der Waals surface area contributed by atoms with Gasteiger partial charge in [0, 0.05) is 18.1 Å². The second-order valence-electron chi connectivity index (χ2n) is 23.3. The molecule has 0 radical (unpaired) electrons. The molecule has 312 valence electrons. The molecule has 9 saturated carbocycles. The zero-order valence-electron chi connectivity index (χ0n) is 36.1. The molecule has 0 aromatic carbocycles. The van der Waals surface area contributed by atoms with Crippen molar-refractivity contribution >= 4 is 0 Å². The fraction of sp³-hybridized carbons (Fsp3) is 1.00. The van der Waals surface area contributed by atoms with Crippen LogP contribution in [0.1, 0.15) is 231 Å². The van der Waals surface area contributed by atoms with Crippen LogP contribution in [0.4, 0.5) is 0 Å². The molecule has 1 heterocycles. The molecule has 0 aromatic heterocycles. The third-order valence-corrected chi connectivity index (χ3v) is 20.8. The van der Waals surface area contributed by atoms with Crippen molar-refractivity contribution in [3.8, 4) is 0 Å². The minimum absolute atomic E-state index is 0.635. The standard InChI is InChI=1S/C53H89NO/c1-3-12-37(13-4-1)40-22-28-46(29-23-40)54(48-32-26-42(27-33-48)49-19-11-20-51-50-18-9-10-21-52(50)55-53(49)51)47-30-24-41(25-31-47)45-35-43(38-14-5-2-6-15-38)34-44(36-45)39-16-7-8-17-39/h37-53H,1-36H2. The first kappa shape index (κ1) is 39.1. The Bertz CT molecular complexity index is 1160. The van der Waals surface area contributed by atoms with E-state index in [4.69, 9.17) is 4.74 Å². The molecule has 10 fully saturated rings. The Balaban J connectivity index is 0.802. The summed E-state index contributed by atoms with van der Waals surface area (Å²) in [5.41, 5.74) is 0. The van der Waals surface area contributed by atoms with Gasteiger partial charge in [0.15, 0.2) is 0 Å². The molecule has 0 spiro atoms. The van der Waals surface area contributed by atoms with Gasteiger partial charge in [0.05, 0.1) is 12.2 Å². The van der Waals surface area contributed by atoms with Gasteiger partial charge in [-0.15, -0.1) is 0 Å². The molecule has 9 aliphatic carbocycles. The molecular weight excluding hydrogens is 667 g/mol. The second-order valence-corrected chi connectivity index (χ2v) is 23.3. The quantitative estimate of drug-likeness (QED) is 0.245. The number of nitrogens with zero attached hydrogens (tertiary/aromatic N) is 1. The fourth-order valence-corrected chi connectivity index (χ4v) is 18.1. The highest BCUT2D eigenvalue weighted by molar-refractivity contribution is 5.01. The van der Waals surface area contributed by atoms with E-state index in [2.05, 4.69) is 4.90 Å². The summed E-state index contributed by atoms with van der Waals surface area (Å²) in [5, 5.41) is 0. The van der Waals surface area contributed by atoms with Gasteiger partial charge in [0.2, 0.25) is 0 Å². The van der Waals surface area contributed by atoms with Crippen LogP contribution in [0.15, 0.2) is 0 Å². The van der Waals surface area contributed by atoms with Crippen molar-refractivity contribution in [3.63, 3.8) is 0 Å². The largest absolute Gasteiger partial charge is 0.374 e. The maximum atomic E-state index is 7.09. The van der Waals surface area contributed by atoms with Crippen LogP contribution in [0.5, 0.6) is 0 Å². The van der Waals surface area contributed by atoms with Crippen LogP contribution in [0.2, 0.25) is 0 Å².